The van der Waals surface area contributed by atoms with E-state index in [1.165, 1.54) is 4.90 Å². The number of likely N-dealkylation sites (N-methyl/N-ethyl adjacent to an activating group) is 1. The Morgan fingerprint density at radius 3 is 2.70 bits per heavy atom. The predicted octanol–water partition coefficient (Wildman–Crippen LogP) is 1.97. The molecule has 6 nitrogen and oxygen atoms in total. The summed E-state index contributed by atoms with van der Waals surface area (Å²) in [6, 6.07) is 7.63. The van der Waals surface area contributed by atoms with Gasteiger partial charge in [0.1, 0.15) is 11.4 Å². The summed E-state index contributed by atoms with van der Waals surface area (Å²) in [5.74, 6) is 0.595. The molecule has 126 valence electrons. The summed E-state index contributed by atoms with van der Waals surface area (Å²) < 4.78 is 10.9. The molecular weight excluding hydrogens is 296 g/mol. The minimum absolute atomic E-state index is 0.168. The molecule has 1 aliphatic heterocycles. The molecule has 2 amide bonds. The van der Waals surface area contributed by atoms with Gasteiger partial charge in [-0.1, -0.05) is 18.2 Å². The van der Waals surface area contributed by atoms with Crippen LogP contribution in [-0.4, -0.2) is 48.7 Å². The molecule has 1 aliphatic rings. The summed E-state index contributed by atoms with van der Waals surface area (Å²) in [4.78, 5) is 25.4. The van der Waals surface area contributed by atoms with E-state index in [1.807, 2.05) is 45.0 Å². The van der Waals surface area contributed by atoms with Crippen LogP contribution >= 0.6 is 0 Å². The van der Waals surface area contributed by atoms with E-state index in [0.717, 1.165) is 11.3 Å². The molecule has 0 fully saturated rings. The molecule has 0 spiro atoms. The van der Waals surface area contributed by atoms with Crippen molar-refractivity contribution in [2.24, 2.45) is 0 Å². The first-order valence-electron chi connectivity index (χ1n) is 7.72. The second kappa shape index (κ2) is 6.89. The highest BCUT2D eigenvalue weighted by molar-refractivity contribution is 5.82. The van der Waals surface area contributed by atoms with E-state index in [-0.39, 0.29) is 5.91 Å². The van der Waals surface area contributed by atoms with Crippen LogP contribution in [0.15, 0.2) is 24.3 Å². The smallest absolute Gasteiger partial charge is 0.410 e. The fourth-order valence-electron chi connectivity index (χ4n) is 2.22. The zero-order chi connectivity index (χ0) is 17.0. The maximum absolute atomic E-state index is 12.1. The number of hydrogen-bond acceptors (Lipinski definition) is 4. The second-order valence-electron chi connectivity index (χ2n) is 6.61. The van der Waals surface area contributed by atoms with Crippen molar-refractivity contribution in [1.82, 2.24) is 10.2 Å². The first kappa shape index (κ1) is 17.1. The van der Waals surface area contributed by atoms with Crippen LogP contribution in [0, 0.1) is 0 Å². The number of carbonyl (C=O) groups excluding carboxylic acids is 2. The molecule has 0 saturated carbocycles. The van der Waals surface area contributed by atoms with Gasteiger partial charge in [-0.15, -0.1) is 0 Å². The lowest BCUT2D eigenvalue weighted by Crippen LogP contribution is -2.43. The van der Waals surface area contributed by atoms with E-state index in [9.17, 15) is 9.59 Å². The Bertz CT molecular complexity index is 555. The van der Waals surface area contributed by atoms with Crippen LogP contribution in [-0.2, 0) is 16.0 Å². The van der Waals surface area contributed by atoms with E-state index >= 15 is 0 Å². The molecule has 0 bridgehead atoms. The molecular formula is C17H24N2O4. The third-order valence-corrected chi connectivity index (χ3v) is 3.39. The summed E-state index contributed by atoms with van der Waals surface area (Å²) in [5, 5.41) is 2.79. The van der Waals surface area contributed by atoms with E-state index in [1.54, 1.807) is 7.05 Å². The number of rotatable bonds is 4. The largest absolute Gasteiger partial charge is 0.480 e. The van der Waals surface area contributed by atoms with Gasteiger partial charge in [-0.2, -0.15) is 0 Å². The number of hydrogen-bond donors (Lipinski definition) is 1. The van der Waals surface area contributed by atoms with E-state index in [2.05, 4.69) is 5.32 Å². The summed E-state index contributed by atoms with van der Waals surface area (Å²) in [5.41, 5.74) is 0.511. The van der Waals surface area contributed by atoms with Crippen molar-refractivity contribution in [2.45, 2.75) is 38.9 Å². The Kier molecular flexibility index (Phi) is 5.13. The monoisotopic (exact) mass is 320 g/mol. The van der Waals surface area contributed by atoms with E-state index in [4.69, 9.17) is 9.47 Å². The minimum Gasteiger partial charge on any atom is -0.480 e. The highest BCUT2D eigenvalue weighted by Gasteiger charge is 2.28. The lowest BCUT2D eigenvalue weighted by atomic mass is 10.1. The number of benzene rings is 1. The molecule has 1 heterocycles. The molecule has 0 radical (unpaired) electrons. The highest BCUT2D eigenvalue weighted by atomic mass is 16.6. The standard InChI is InChI=1S/C17H24N2O4/c1-17(2,3)23-16(21)19(4)10-9-18-15(20)14-11-12-7-5-6-8-13(12)22-14/h5-8,14H,9-11H2,1-4H3,(H,18,20). The number of carbonyl (C=O) groups is 2. The quantitative estimate of drug-likeness (QED) is 0.921. The number of fused-ring (bicyclic) bond motifs is 1. The summed E-state index contributed by atoms with van der Waals surface area (Å²) >= 11 is 0. The summed E-state index contributed by atoms with van der Waals surface area (Å²) in [6.07, 6.45) is -0.334. The summed E-state index contributed by atoms with van der Waals surface area (Å²) in [6.45, 7) is 6.17. The van der Waals surface area contributed by atoms with Gasteiger partial charge in [0.15, 0.2) is 6.10 Å². The molecule has 23 heavy (non-hydrogen) atoms. The fraction of sp³-hybridized carbons (Fsp3) is 0.529. The Labute approximate surface area is 136 Å². The minimum atomic E-state index is -0.530. The first-order chi connectivity index (χ1) is 10.8. The zero-order valence-corrected chi connectivity index (χ0v) is 14.1. The number of nitrogens with zero attached hydrogens (tertiary/aromatic N) is 1. The van der Waals surface area contributed by atoms with E-state index in [0.29, 0.717) is 19.5 Å². The Hall–Kier alpha value is -2.24. The van der Waals surface area contributed by atoms with Gasteiger partial charge in [0.05, 0.1) is 0 Å². The molecule has 1 unspecified atom stereocenters. The van der Waals surface area contributed by atoms with Crippen LogP contribution in [0.25, 0.3) is 0 Å². The van der Waals surface area contributed by atoms with E-state index < -0.39 is 17.8 Å². The van der Waals surface area contributed by atoms with Gasteiger partial charge in [0.25, 0.3) is 5.91 Å². The number of nitrogens with one attached hydrogen (secondary N) is 1. The topological polar surface area (TPSA) is 67.9 Å². The van der Waals surface area contributed by atoms with Gasteiger partial charge in [-0.3, -0.25) is 4.79 Å². The van der Waals surface area contributed by atoms with Gasteiger partial charge in [-0.25, -0.2) is 4.79 Å². The van der Waals surface area contributed by atoms with Crippen molar-refractivity contribution in [3.8, 4) is 5.75 Å². The van der Waals surface area contributed by atoms with Gasteiger partial charge in [-0.05, 0) is 32.4 Å². The average molecular weight is 320 g/mol. The third-order valence-electron chi connectivity index (χ3n) is 3.39. The highest BCUT2D eigenvalue weighted by Crippen LogP contribution is 2.27. The van der Waals surface area contributed by atoms with Crippen molar-refractivity contribution < 1.29 is 19.1 Å². The second-order valence-corrected chi connectivity index (χ2v) is 6.61. The van der Waals surface area contributed by atoms with Crippen LogP contribution in [0.2, 0.25) is 0 Å². The number of amides is 2. The van der Waals surface area contributed by atoms with Crippen LogP contribution in [0.5, 0.6) is 5.75 Å². The third kappa shape index (κ3) is 4.87. The molecule has 1 aromatic carbocycles. The maximum Gasteiger partial charge on any atom is 0.410 e. The zero-order valence-electron chi connectivity index (χ0n) is 14.1. The van der Waals surface area contributed by atoms with Crippen LogP contribution in [0.1, 0.15) is 26.3 Å². The lowest BCUT2D eigenvalue weighted by Gasteiger charge is -2.24. The Balaban J connectivity index is 1.73. The molecule has 1 atom stereocenters. The van der Waals surface area contributed by atoms with Crippen molar-refractivity contribution in [3.63, 3.8) is 0 Å². The molecule has 6 heteroatoms. The lowest BCUT2D eigenvalue weighted by molar-refractivity contribution is -0.127. The Morgan fingerprint density at radius 2 is 2.04 bits per heavy atom. The molecule has 2 rings (SSSR count). The van der Waals surface area contributed by atoms with Crippen molar-refractivity contribution in [1.29, 1.82) is 0 Å². The number of para-hydroxylation sites is 1. The van der Waals surface area contributed by atoms with Crippen LogP contribution in [0.4, 0.5) is 4.79 Å². The predicted molar refractivity (Wildman–Crippen MR) is 86.4 cm³/mol. The van der Waals surface area contributed by atoms with Crippen molar-refractivity contribution in [2.75, 3.05) is 20.1 Å². The van der Waals surface area contributed by atoms with Crippen LogP contribution < -0.4 is 10.1 Å². The molecule has 0 aliphatic carbocycles. The van der Waals surface area contributed by atoms with Gasteiger partial charge in [0.2, 0.25) is 0 Å². The van der Waals surface area contributed by atoms with Gasteiger partial charge >= 0.3 is 6.09 Å². The Morgan fingerprint density at radius 1 is 1.35 bits per heavy atom. The summed E-state index contributed by atoms with van der Waals surface area (Å²) in [7, 11) is 1.64. The van der Waals surface area contributed by atoms with Gasteiger partial charge in [0, 0.05) is 26.6 Å². The molecule has 1 N–H and O–H groups in total. The first-order valence-corrected chi connectivity index (χ1v) is 7.72. The normalized spacial score (nSPS) is 16.3. The average Bonchev–Trinajstić information content (AvgIpc) is 2.89. The number of ether oxygens (including phenoxy) is 2. The molecule has 0 aromatic heterocycles. The van der Waals surface area contributed by atoms with Gasteiger partial charge < -0.3 is 19.7 Å². The molecule has 0 saturated heterocycles. The van der Waals surface area contributed by atoms with Crippen molar-refractivity contribution >= 4 is 12.0 Å². The van der Waals surface area contributed by atoms with Crippen molar-refractivity contribution in [3.05, 3.63) is 29.8 Å². The fourth-order valence-corrected chi connectivity index (χ4v) is 2.22. The maximum atomic E-state index is 12.1. The molecule has 1 aromatic rings. The SMILES string of the molecule is CN(CCNC(=O)C1Cc2ccccc2O1)C(=O)OC(C)(C)C. The van der Waals surface area contributed by atoms with Crippen LogP contribution in [0.3, 0.4) is 0 Å².